The van der Waals surface area contributed by atoms with Crippen molar-refractivity contribution in [2.24, 2.45) is 4.99 Å². The molecule has 1 fully saturated rings. The van der Waals surface area contributed by atoms with Crippen molar-refractivity contribution in [3.8, 4) is 0 Å². The predicted molar refractivity (Wildman–Crippen MR) is 109 cm³/mol. The van der Waals surface area contributed by atoms with Crippen LogP contribution in [-0.2, 0) is 11.3 Å². The maximum atomic E-state index is 12.2. The van der Waals surface area contributed by atoms with Gasteiger partial charge in [-0.15, -0.1) is 0 Å². The fourth-order valence-corrected chi connectivity index (χ4v) is 3.67. The molecule has 6 nitrogen and oxygen atoms in total. The molecule has 2 aromatic rings. The van der Waals surface area contributed by atoms with Crippen molar-refractivity contribution in [3.05, 3.63) is 79.2 Å². The molecule has 0 bridgehead atoms. The van der Waals surface area contributed by atoms with E-state index in [-0.39, 0.29) is 11.6 Å². The average molecular weight is 381 g/mol. The Hall–Kier alpha value is -2.93. The lowest BCUT2D eigenvalue weighted by atomic mass is 10.1. The molecule has 0 radical (unpaired) electrons. The summed E-state index contributed by atoms with van der Waals surface area (Å²) in [4.78, 5) is 27.7. The molecule has 0 atom stereocenters. The van der Waals surface area contributed by atoms with E-state index in [0.717, 1.165) is 11.1 Å². The van der Waals surface area contributed by atoms with Crippen molar-refractivity contribution in [1.82, 2.24) is 5.32 Å². The number of amidine groups is 1. The van der Waals surface area contributed by atoms with Crippen LogP contribution in [0.5, 0.6) is 0 Å². The van der Waals surface area contributed by atoms with E-state index >= 15 is 0 Å². The lowest BCUT2D eigenvalue weighted by molar-refractivity contribution is -0.384. The zero-order valence-electron chi connectivity index (χ0n) is 15.3. The number of nitrogens with zero attached hydrogens (tertiary/aromatic N) is 2. The second-order valence-corrected chi connectivity index (χ2v) is 7.51. The fraction of sp³-hybridized carbons (Fsp3) is 0.200. The molecule has 7 heteroatoms. The van der Waals surface area contributed by atoms with Crippen LogP contribution in [0.15, 0.2) is 46.3 Å². The van der Waals surface area contributed by atoms with Gasteiger partial charge in [0.2, 0.25) is 0 Å². The highest BCUT2D eigenvalue weighted by Gasteiger charge is 2.24. The van der Waals surface area contributed by atoms with E-state index in [1.807, 2.05) is 20.8 Å². The standard InChI is InChI=1S/C20H19N3O3S/c1-12-6-13(2)8-15(7-12)11-21-20-22-19(24)18(27-20)10-16-9-17(23(25)26)5-4-14(16)3/h4-10H,11H2,1-3H3,(H,21,22,24)/b18-10-. The Balaban J connectivity index is 1.80. The lowest BCUT2D eigenvalue weighted by Crippen LogP contribution is -2.19. The van der Waals surface area contributed by atoms with E-state index < -0.39 is 4.92 Å². The summed E-state index contributed by atoms with van der Waals surface area (Å²) in [7, 11) is 0. The minimum atomic E-state index is -0.444. The summed E-state index contributed by atoms with van der Waals surface area (Å²) in [6.45, 7) is 6.41. The monoisotopic (exact) mass is 381 g/mol. The first-order valence-corrected chi connectivity index (χ1v) is 9.21. The fourth-order valence-electron chi connectivity index (χ4n) is 2.86. The van der Waals surface area contributed by atoms with E-state index in [1.165, 1.54) is 35.0 Å². The van der Waals surface area contributed by atoms with Crippen LogP contribution in [0.1, 0.15) is 27.8 Å². The number of rotatable bonds is 4. The SMILES string of the molecule is Cc1cc(C)cc(CN=C2NC(=O)/C(=C/c3cc([N+](=O)[O-])ccc3C)S2)c1. The Morgan fingerprint density at radius 2 is 1.85 bits per heavy atom. The van der Waals surface area contributed by atoms with Gasteiger partial charge in [0.15, 0.2) is 5.17 Å². The summed E-state index contributed by atoms with van der Waals surface area (Å²) >= 11 is 1.24. The highest BCUT2D eigenvalue weighted by atomic mass is 32.2. The Kier molecular flexibility index (Phi) is 5.41. The number of nitro groups is 1. The Morgan fingerprint density at radius 1 is 1.15 bits per heavy atom. The van der Waals surface area contributed by atoms with Crippen LogP contribution in [0.4, 0.5) is 5.69 Å². The summed E-state index contributed by atoms with van der Waals surface area (Å²) < 4.78 is 0. The van der Waals surface area contributed by atoms with Crippen molar-refractivity contribution in [2.75, 3.05) is 0 Å². The molecule has 0 saturated carbocycles. The summed E-state index contributed by atoms with van der Waals surface area (Å²) in [5, 5.41) is 14.3. The first-order chi connectivity index (χ1) is 12.8. The molecule has 1 heterocycles. The first-order valence-electron chi connectivity index (χ1n) is 8.39. The van der Waals surface area contributed by atoms with Crippen molar-refractivity contribution in [2.45, 2.75) is 27.3 Å². The number of benzene rings is 2. The minimum absolute atomic E-state index is 0.000405. The molecule has 3 rings (SSSR count). The molecule has 1 N–H and O–H groups in total. The van der Waals surface area contributed by atoms with Crippen LogP contribution in [-0.4, -0.2) is 16.0 Å². The molecule has 27 heavy (non-hydrogen) atoms. The predicted octanol–water partition coefficient (Wildman–Crippen LogP) is 4.28. The lowest BCUT2D eigenvalue weighted by Gasteiger charge is -2.02. The topological polar surface area (TPSA) is 84.6 Å². The van der Waals surface area contributed by atoms with Crippen LogP contribution in [0, 0.1) is 30.9 Å². The minimum Gasteiger partial charge on any atom is -0.301 e. The second kappa shape index (κ2) is 7.75. The highest BCUT2D eigenvalue weighted by molar-refractivity contribution is 8.18. The van der Waals surface area contributed by atoms with Crippen molar-refractivity contribution < 1.29 is 9.72 Å². The van der Waals surface area contributed by atoms with Crippen molar-refractivity contribution >= 4 is 34.6 Å². The normalized spacial score (nSPS) is 16.8. The van der Waals surface area contributed by atoms with Crippen molar-refractivity contribution in [1.29, 1.82) is 0 Å². The van der Waals surface area contributed by atoms with E-state index in [0.29, 0.717) is 22.2 Å². The zero-order valence-corrected chi connectivity index (χ0v) is 16.1. The summed E-state index contributed by atoms with van der Waals surface area (Å²) in [6.07, 6.45) is 1.67. The maximum Gasteiger partial charge on any atom is 0.270 e. The van der Waals surface area contributed by atoms with Gasteiger partial charge in [0, 0.05) is 12.1 Å². The van der Waals surface area contributed by atoms with E-state index in [1.54, 1.807) is 12.1 Å². The molecule has 0 spiro atoms. The second-order valence-electron chi connectivity index (χ2n) is 6.48. The van der Waals surface area contributed by atoms with Crippen LogP contribution in [0.3, 0.4) is 0 Å². The number of non-ortho nitro benzene ring substituents is 1. The van der Waals surface area contributed by atoms with Gasteiger partial charge in [-0.3, -0.25) is 19.9 Å². The number of nitro benzene ring substituents is 1. The zero-order chi connectivity index (χ0) is 19.6. The third kappa shape index (κ3) is 4.62. The molecule has 1 aliphatic heterocycles. The van der Waals surface area contributed by atoms with E-state index in [9.17, 15) is 14.9 Å². The third-order valence-corrected chi connectivity index (χ3v) is 5.05. The van der Waals surface area contributed by atoms with Gasteiger partial charge in [-0.2, -0.15) is 0 Å². The first kappa shape index (κ1) is 18.8. The van der Waals surface area contributed by atoms with Gasteiger partial charge >= 0.3 is 0 Å². The molecular weight excluding hydrogens is 362 g/mol. The molecule has 1 amide bonds. The van der Waals surface area contributed by atoms with E-state index in [4.69, 9.17) is 0 Å². The quantitative estimate of drug-likeness (QED) is 0.487. The number of amides is 1. The molecule has 0 aromatic heterocycles. The van der Waals surface area contributed by atoms with Gasteiger partial charge < -0.3 is 5.32 Å². The highest BCUT2D eigenvalue weighted by Crippen LogP contribution is 2.28. The Bertz CT molecular complexity index is 976. The molecule has 0 unspecified atom stereocenters. The number of hydrogen-bond acceptors (Lipinski definition) is 5. The van der Waals surface area contributed by atoms with Gasteiger partial charge in [-0.25, -0.2) is 0 Å². The number of aryl methyl sites for hydroxylation is 3. The number of aliphatic imine (C=N–C) groups is 1. The molecule has 138 valence electrons. The molecular formula is C20H19N3O3S. The van der Waals surface area contributed by atoms with Gasteiger partial charge in [-0.1, -0.05) is 35.4 Å². The maximum absolute atomic E-state index is 12.2. The summed E-state index contributed by atoms with van der Waals surface area (Å²) in [5.74, 6) is -0.245. The van der Waals surface area contributed by atoms with Crippen LogP contribution < -0.4 is 5.32 Å². The number of carbonyl (C=O) groups excluding carboxylic acids is 1. The Labute approximate surface area is 161 Å². The van der Waals surface area contributed by atoms with Crippen LogP contribution in [0.2, 0.25) is 0 Å². The summed E-state index contributed by atoms with van der Waals surface area (Å²) in [6, 6.07) is 10.8. The largest absolute Gasteiger partial charge is 0.301 e. The van der Waals surface area contributed by atoms with Gasteiger partial charge in [0.25, 0.3) is 11.6 Å². The third-order valence-electron chi connectivity index (χ3n) is 4.10. The number of hydrogen-bond donors (Lipinski definition) is 1. The molecule has 2 aromatic carbocycles. The average Bonchev–Trinajstić information content (AvgIpc) is 2.94. The number of carbonyl (C=O) groups is 1. The van der Waals surface area contributed by atoms with Gasteiger partial charge in [0.05, 0.1) is 16.4 Å². The Morgan fingerprint density at radius 3 is 2.52 bits per heavy atom. The number of thioether (sulfide) groups is 1. The summed E-state index contributed by atoms with van der Waals surface area (Å²) in [5.41, 5.74) is 4.95. The smallest absolute Gasteiger partial charge is 0.270 e. The molecule has 1 aliphatic rings. The molecule has 0 aliphatic carbocycles. The van der Waals surface area contributed by atoms with Crippen molar-refractivity contribution in [3.63, 3.8) is 0 Å². The number of nitrogens with one attached hydrogen (secondary N) is 1. The van der Waals surface area contributed by atoms with Gasteiger partial charge in [0.1, 0.15) is 0 Å². The van der Waals surface area contributed by atoms with E-state index in [2.05, 4.69) is 28.5 Å². The van der Waals surface area contributed by atoms with Gasteiger partial charge in [-0.05, 0) is 55.3 Å². The van der Waals surface area contributed by atoms with Crippen LogP contribution >= 0.6 is 11.8 Å². The van der Waals surface area contributed by atoms with Crippen LogP contribution in [0.25, 0.3) is 6.08 Å². The molecule has 1 saturated heterocycles.